The van der Waals surface area contributed by atoms with E-state index in [2.05, 4.69) is 17.0 Å². The highest BCUT2D eigenvalue weighted by molar-refractivity contribution is 7.22. The van der Waals surface area contributed by atoms with Gasteiger partial charge in [-0.2, -0.15) is 5.10 Å². The van der Waals surface area contributed by atoms with Crippen LogP contribution in [0.1, 0.15) is 33.6 Å². The van der Waals surface area contributed by atoms with Crippen LogP contribution in [-0.4, -0.2) is 37.6 Å². The van der Waals surface area contributed by atoms with Crippen LogP contribution in [0.25, 0.3) is 10.2 Å². The van der Waals surface area contributed by atoms with Crippen molar-refractivity contribution in [2.24, 2.45) is 5.10 Å². The molecule has 0 atom stereocenters. The molecule has 1 aromatic carbocycles. The molecule has 0 spiro atoms. The molecule has 0 amide bonds. The highest BCUT2D eigenvalue weighted by Gasteiger charge is 2.12. The zero-order valence-electron chi connectivity index (χ0n) is 14.1. The molecule has 126 valence electrons. The van der Waals surface area contributed by atoms with Crippen molar-refractivity contribution in [2.75, 3.05) is 31.4 Å². The number of ether oxygens (including phenoxy) is 2. The molecule has 0 unspecified atom stereocenters. The summed E-state index contributed by atoms with van der Waals surface area (Å²) in [5.74, 6) is 0.878. The Morgan fingerprint density at radius 1 is 1.30 bits per heavy atom. The van der Waals surface area contributed by atoms with Crippen LogP contribution in [-0.2, 0) is 4.74 Å². The zero-order valence-corrected chi connectivity index (χ0v) is 14.9. The van der Waals surface area contributed by atoms with Crippen molar-refractivity contribution >= 4 is 32.9 Å². The normalized spacial score (nSPS) is 11.4. The quantitative estimate of drug-likeness (QED) is 0.368. The largest absolute Gasteiger partial charge is 0.494 e. The summed E-state index contributed by atoms with van der Waals surface area (Å²) in [6.07, 6.45) is 4.03. The summed E-state index contributed by atoms with van der Waals surface area (Å²) in [6.45, 7) is 8.87. The van der Waals surface area contributed by atoms with Gasteiger partial charge in [-0.05, 0) is 38.5 Å². The Hall–Kier alpha value is -1.66. The summed E-state index contributed by atoms with van der Waals surface area (Å²) in [7, 11) is 0. The van der Waals surface area contributed by atoms with E-state index >= 15 is 0 Å². The third-order valence-corrected chi connectivity index (χ3v) is 4.26. The van der Waals surface area contributed by atoms with Crippen LogP contribution in [0.15, 0.2) is 23.3 Å². The van der Waals surface area contributed by atoms with Crippen LogP contribution < -0.4 is 9.75 Å². The number of aromatic nitrogens is 1. The van der Waals surface area contributed by atoms with E-state index in [-0.39, 0.29) is 0 Å². The van der Waals surface area contributed by atoms with Gasteiger partial charge in [0.15, 0.2) is 0 Å². The van der Waals surface area contributed by atoms with Crippen molar-refractivity contribution in [3.05, 3.63) is 18.2 Å². The number of benzene rings is 1. The molecule has 2 rings (SSSR count). The minimum atomic E-state index is 0.650. The fraction of sp³-hybridized carbons (Fsp3) is 0.529. The highest BCUT2D eigenvalue weighted by Crippen LogP contribution is 2.31. The van der Waals surface area contributed by atoms with Crippen LogP contribution in [0.2, 0.25) is 0 Å². The van der Waals surface area contributed by atoms with E-state index in [1.165, 1.54) is 0 Å². The number of nitrogens with zero attached hydrogens (tertiary/aromatic N) is 3. The van der Waals surface area contributed by atoms with Gasteiger partial charge in [-0.3, -0.25) is 0 Å². The Labute approximate surface area is 141 Å². The summed E-state index contributed by atoms with van der Waals surface area (Å²) < 4.78 is 12.3. The Bertz CT molecular complexity index is 627. The predicted molar refractivity (Wildman–Crippen MR) is 98.0 cm³/mol. The fourth-order valence-electron chi connectivity index (χ4n) is 2.10. The molecule has 0 saturated carbocycles. The molecular weight excluding hydrogens is 310 g/mol. The van der Waals surface area contributed by atoms with Gasteiger partial charge in [-0.1, -0.05) is 24.7 Å². The molecule has 2 aromatic rings. The number of unbranched alkanes of at least 4 members (excludes halogenated alkanes) is 1. The van der Waals surface area contributed by atoms with E-state index in [4.69, 9.17) is 9.47 Å². The van der Waals surface area contributed by atoms with E-state index in [1.807, 2.05) is 37.1 Å². The first-order chi connectivity index (χ1) is 11.3. The van der Waals surface area contributed by atoms with Gasteiger partial charge in [0.05, 0.1) is 30.0 Å². The maximum absolute atomic E-state index is 5.64. The Kier molecular flexibility index (Phi) is 7.29. The minimum Gasteiger partial charge on any atom is -0.494 e. The molecule has 6 heteroatoms. The van der Waals surface area contributed by atoms with Gasteiger partial charge >= 0.3 is 0 Å². The summed E-state index contributed by atoms with van der Waals surface area (Å²) in [5.41, 5.74) is 0.969. The van der Waals surface area contributed by atoms with Crippen molar-refractivity contribution in [1.82, 2.24) is 4.98 Å². The number of hydrogen-bond donors (Lipinski definition) is 0. The predicted octanol–water partition coefficient (Wildman–Crippen LogP) is 4.32. The maximum atomic E-state index is 5.64. The molecular formula is C17H25N3O2S. The van der Waals surface area contributed by atoms with E-state index in [0.717, 1.165) is 40.5 Å². The fourth-order valence-corrected chi connectivity index (χ4v) is 3.08. The number of anilines is 1. The lowest BCUT2D eigenvalue weighted by molar-refractivity contribution is 0.137. The van der Waals surface area contributed by atoms with Gasteiger partial charge < -0.3 is 9.47 Å². The number of hydrazone groups is 1. The second kappa shape index (κ2) is 9.47. The molecule has 23 heavy (non-hydrogen) atoms. The SMILES string of the molecule is C/C=N/N(CCOCCCC)c1nc2ccc(OCC)cc2s1. The number of hydrogen-bond acceptors (Lipinski definition) is 6. The molecule has 0 N–H and O–H groups in total. The first kappa shape index (κ1) is 17.7. The van der Waals surface area contributed by atoms with Crippen LogP contribution in [0.5, 0.6) is 5.75 Å². The van der Waals surface area contributed by atoms with Gasteiger partial charge in [0.25, 0.3) is 0 Å². The smallest absolute Gasteiger partial charge is 0.207 e. The van der Waals surface area contributed by atoms with Gasteiger partial charge in [-0.25, -0.2) is 9.99 Å². The van der Waals surface area contributed by atoms with E-state index in [9.17, 15) is 0 Å². The summed E-state index contributed by atoms with van der Waals surface area (Å²) in [5, 5.41) is 7.19. The van der Waals surface area contributed by atoms with Crippen LogP contribution >= 0.6 is 11.3 Å². The van der Waals surface area contributed by atoms with Crippen molar-refractivity contribution in [3.8, 4) is 5.75 Å². The molecule has 0 aliphatic carbocycles. The molecule has 0 aliphatic heterocycles. The lowest BCUT2D eigenvalue weighted by atomic mass is 10.3. The molecule has 5 nitrogen and oxygen atoms in total. The Morgan fingerprint density at radius 2 is 2.17 bits per heavy atom. The van der Waals surface area contributed by atoms with Crippen LogP contribution in [0.4, 0.5) is 5.13 Å². The molecule has 0 bridgehead atoms. The molecule has 1 heterocycles. The van der Waals surface area contributed by atoms with Gasteiger partial charge in [0.1, 0.15) is 5.75 Å². The number of fused-ring (bicyclic) bond motifs is 1. The third kappa shape index (κ3) is 5.18. The van der Waals surface area contributed by atoms with Crippen molar-refractivity contribution in [1.29, 1.82) is 0 Å². The van der Waals surface area contributed by atoms with E-state index in [0.29, 0.717) is 19.8 Å². The molecule has 1 aromatic heterocycles. The molecule has 0 fully saturated rings. The zero-order chi connectivity index (χ0) is 16.5. The number of rotatable bonds is 10. The average Bonchev–Trinajstić information content (AvgIpc) is 2.97. The Balaban J connectivity index is 2.07. The average molecular weight is 335 g/mol. The third-order valence-electron chi connectivity index (χ3n) is 3.22. The topological polar surface area (TPSA) is 47.0 Å². The van der Waals surface area contributed by atoms with Gasteiger partial charge in [0, 0.05) is 12.8 Å². The van der Waals surface area contributed by atoms with Crippen molar-refractivity contribution in [3.63, 3.8) is 0 Å². The first-order valence-electron chi connectivity index (χ1n) is 8.15. The molecule has 0 radical (unpaired) electrons. The summed E-state index contributed by atoms with van der Waals surface area (Å²) in [6, 6.07) is 5.98. The van der Waals surface area contributed by atoms with E-state index in [1.54, 1.807) is 17.6 Å². The van der Waals surface area contributed by atoms with Gasteiger partial charge in [-0.15, -0.1) is 0 Å². The number of thiazole rings is 1. The van der Waals surface area contributed by atoms with E-state index < -0.39 is 0 Å². The second-order valence-corrected chi connectivity index (χ2v) is 6.03. The second-order valence-electron chi connectivity index (χ2n) is 5.02. The Morgan fingerprint density at radius 3 is 2.91 bits per heavy atom. The first-order valence-corrected chi connectivity index (χ1v) is 8.97. The van der Waals surface area contributed by atoms with Crippen LogP contribution in [0.3, 0.4) is 0 Å². The maximum Gasteiger partial charge on any atom is 0.207 e. The summed E-state index contributed by atoms with van der Waals surface area (Å²) >= 11 is 1.62. The molecule has 0 saturated heterocycles. The molecule has 0 aliphatic rings. The summed E-state index contributed by atoms with van der Waals surface area (Å²) in [4.78, 5) is 4.67. The lowest BCUT2D eigenvalue weighted by Gasteiger charge is -2.15. The van der Waals surface area contributed by atoms with Crippen molar-refractivity contribution in [2.45, 2.75) is 33.6 Å². The minimum absolute atomic E-state index is 0.650. The lowest BCUT2D eigenvalue weighted by Crippen LogP contribution is -2.22. The van der Waals surface area contributed by atoms with Gasteiger partial charge in [0.2, 0.25) is 5.13 Å². The standard InChI is InChI=1S/C17H25N3O2S/c1-4-7-11-21-12-10-20(18-5-2)17-19-15-9-8-14(22-6-3)13-16(15)23-17/h5,8-9,13H,4,6-7,10-12H2,1-3H3/b18-5+. The van der Waals surface area contributed by atoms with Crippen molar-refractivity contribution < 1.29 is 9.47 Å². The highest BCUT2D eigenvalue weighted by atomic mass is 32.1. The van der Waals surface area contributed by atoms with Crippen LogP contribution in [0, 0.1) is 0 Å². The monoisotopic (exact) mass is 335 g/mol.